The molecule has 0 amide bonds. The molecule has 1 aliphatic carbocycles. The number of anilines is 2. The van der Waals surface area contributed by atoms with Gasteiger partial charge in [0.25, 0.3) is 0 Å². The minimum atomic E-state index is 0. The summed E-state index contributed by atoms with van der Waals surface area (Å²) in [6, 6.07) is 4.49. The van der Waals surface area contributed by atoms with Gasteiger partial charge >= 0.3 is 0 Å². The van der Waals surface area contributed by atoms with Crippen LogP contribution < -0.4 is 20.3 Å². The van der Waals surface area contributed by atoms with Crippen molar-refractivity contribution in [2.75, 3.05) is 69.2 Å². The van der Waals surface area contributed by atoms with Crippen molar-refractivity contribution in [1.82, 2.24) is 10.2 Å². The molecule has 4 rings (SSSR count). The quantitative estimate of drug-likeness (QED) is 0.688. The topological polar surface area (TPSA) is 39.8 Å². The first-order valence-corrected chi connectivity index (χ1v) is 11.0. The van der Waals surface area contributed by atoms with Crippen molar-refractivity contribution in [3.8, 4) is 5.75 Å². The lowest BCUT2D eigenvalue weighted by atomic mass is 9.86. The fraction of sp³-hybridized carbons (Fsp3) is 0.727. The Labute approximate surface area is 176 Å². The Bertz CT molecular complexity index is 611. The van der Waals surface area contributed by atoms with E-state index in [4.69, 9.17) is 4.74 Å². The van der Waals surface area contributed by atoms with E-state index in [1.807, 2.05) is 0 Å². The molecule has 0 spiro atoms. The van der Waals surface area contributed by atoms with E-state index in [0.29, 0.717) is 0 Å². The summed E-state index contributed by atoms with van der Waals surface area (Å²) in [5.41, 5.74) is 3.94. The average Bonchev–Trinajstić information content (AvgIpc) is 3.17. The van der Waals surface area contributed by atoms with Crippen LogP contribution in [0.2, 0.25) is 0 Å². The molecule has 1 aromatic carbocycles. The van der Waals surface area contributed by atoms with Gasteiger partial charge in [0, 0.05) is 62.8 Å². The van der Waals surface area contributed by atoms with Gasteiger partial charge in [-0.15, -0.1) is 12.4 Å². The van der Waals surface area contributed by atoms with Crippen LogP contribution in [0.5, 0.6) is 5.75 Å². The van der Waals surface area contributed by atoms with Crippen LogP contribution in [0, 0.1) is 12.8 Å². The predicted octanol–water partition coefficient (Wildman–Crippen LogP) is 3.51. The Hall–Kier alpha value is -1.17. The molecule has 2 aliphatic heterocycles. The lowest BCUT2D eigenvalue weighted by Crippen LogP contribution is -2.43. The van der Waals surface area contributed by atoms with Gasteiger partial charge < -0.3 is 25.2 Å². The number of halogens is 1. The van der Waals surface area contributed by atoms with Crippen molar-refractivity contribution in [2.45, 2.75) is 39.0 Å². The van der Waals surface area contributed by atoms with Crippen molar-refractivity contribution in [3.63, 3.8) is 0 Å². The highest BCUT2D eigenvalue weighted by molar-refractivity contribution is 5.85. The maximum absolute atomic E-state index is 6.22. The summed E-state index contributed by atoms with van der Waals surface area (Å²) in [5, 5.41) is 7.17. The minimum Gasteiger partial charge on any atom is -0.493 e. The number of hydrogen-bond donors (Lipinski definition) is 2. The molecule has 3 fully saturated rings. The molecule has 2 heterocycles. The molecule has 0 atom stereocenters. The lowest BCUT2D eigenvalue weighted by Gasteiger charge is -2.32. The molecule has 3 aliphatic rings. The molecule has 28 heavy (non-hydrogen) atoms. The smallest absolute Gasteiger partial charge is 0.123 e. The molecular formula is C22H37ClN4O. The van der Waals surface area contributed by atoms with Crippen LogP contribution in [0.15, 0.2) is 12.1 Å². The molecule has 6 heteroatoms. The maximum Gasteiger partial charge on any atom is 0.123 e. The Morgan fingerprint density at radius 3 is 2.50 bits per heavy atom. The first-order chi connectivity index (χ1) is 13.3. The van der Waals surface area contributed by atoms with E-state index in [-0.39, 0.29) is 12.4 Å². The summed E-state index contributed by atoms with van der Waals surface area (Å²) in [5.74, 6) is 1.80. The van der Waals surface area contributed by atoms with E-state index in [0.717, 1.165) is 57.5 Å². The first kappa shape index (κ1) is 21.5. The second-order valence-corrected chi connectivity index (χ2v) is 8.44. The average molecular weight is 409 g/mol. The highest BCUT2D eigenvalue weighted by atomic mass is 35.5. The molecule has 0 radical (unpaired) electrons. The van der Waals surface area contributed by atoms with Gasteiger partial charge in [-0.05, 0) is 57.2 Å². The van der Waals surface area contributed by atoms with E-state index in [2.05, 4.69) is 39.5 Å². The van der Waals surface area contributed by atoms with Crippen molar-refractivity contribution >= 4 is 23.8 Å². The van der Waals surface area contributed by atoms with E-state index in [9.17, 15) is 0 Å². The third kappa shape index (κ3) is 5.46. The van der Waals surface area contributed by atoms with Gasteiger partial charge in [0.1, 0.15) is 5.75 Å². The Morgan fingerprint density at radius 2 is 1.82 bits per heavy atom. The molecule has 2 N–H and O–H groups in total. The molecule has 158 valence electrons. The van der Waals surface area contributed by atoms with Gasteiger partial charge in [0.15, 0.2) is 0 Å². The van der Waals surface area contributed by atoms with E-state index >= 15 is 0 Å². The molecule has 2 saturated heterocycles. The third-order valence-corrected chi connectivity index (χ3v) is 6.46. The van der Waals surface area contributed by atoms with Crippen LogP contribution in [0.3, 0.4) is 0 Å². The van der Waals surface area contributed by atoms with Crippen molar-refractivity contribution in [1.29, 1.82) is 0 Å². The number of likely N-dealkylation sites (tertiary alicyclic amines) is 1. The monoisotopic (exact) mass is 408 g/mol. The van der Waals surface area contributed by atoms with E-state index < -0.39 is 0 Å². The molecule has 5 nitrogen and oxygen atoms in total. The maximum atomic E-state index is 6.22. The molecule has 0 bridgehead atoms. The Kier molecular flexibility index (Phi) is 8.12. The summed E-state index contributed by atoms with van der Waals surface area (Å²) in [6.45, 7) is 12.1. The standard InChI is InChI=1S/C22H36N4O.ClH/c1-18-21(24-9-12-25-10-2-3-11-25)15-20(27-17-19-5-4-6-19)16-22(18)26-13-7-23-8-14-26;/h15-16,19,23-24H,2-14,17H2,1H3;1H. The first-order valence-electron chi connectivity index (χ1n) is 11.0. The summed E-state index contributed by atoms with van der Waals surface area (Å²) in [6.07, 6.45) is 6.75. The number of rotatable bonds is 8. The molecule has 1 saturated carbocycles. The zero-order valence-corrected chi connectivity index (χ0v) is 18.2. The summed E-state index contributed by atoms with van der Waals surface area (Å²) < 4.78 is 6.22. The molecule has 0 aromatic heterocycles. The van der Waals surface area contributed by atoms with Crippen LogP contribution in [0.1, 0.15) is 37.7 Å². The highest BCUT2D eigenvalue weighted by Gasteiger charge is 2.20. The zero-order valence-electron chi connectivity index (χ0n) is 17.3. The fourth-order valence-corrected chi connectivity index (χ4v) is 4.40. The van der Waals surface area contributed by atoms with Gasteiger partial charge in [-0.1, -0.05) is 6.42 Å². The van der Waals surface area contributed by atoms with Gasteiger partial charge in [-0.25, -0.2) is 0 Å². The van der Waals surface area contributed by atoms with Crippen LogP contribution in [-0.4, -0.2) is 63.9 Å². The van der Waals surface area contributed by atoms with Gasteiger partial charge in [-0.3, -0.25) is 0 Å². The number of nitrogens with one attached hydrogen (secondary N) is 2. The second-order valence-electron chi connectivity index (χ2n) is 8.44. The largest absolute Gasteiger partial charge is 0.493 e. The van der Waals surface area contributed by atoms with Crippen LogP contribution in [0.4, 0.5) is 11.4 Å². The van der Waals surface area contributed by atoms with E-state index in [1.54, 1.807) is 0 Å². The predicted molar refractivity (Wildman–Crippen MR) is 121 cm³/mol. The molecular weight excluding hydrogens is 372 g/mol. The van der Waals surface area contributed by atoms with Crippen molar-refractivity contribution < 1.29 is 4.74 Å². The summed E-state index contributed by atoms with van der Waals surface area (Å²) >= 11 is 0. The highest BCUT2D eigenvalue weighted by Crippen LogP contribution is 2.34. The number of piperazine rings is 1. The number of nitrogens with zero attached hydrogens (tertiary/aromatic N) is 2. The van der Waals surface area contributed by atoms with Gasteiger partial charge in [-0.2, -0.15) is 0 Å². The summed E-state index contributed by atoms with van der Waals surface area (Å²) in [4.78, 5) is 5.07. The van der Waals surface area contributed by atoms with E-state index in [1.165, 1.54) is 62.1 Å². The normalized spacial score (nSPS) is 20.5. The number of ether oxygens (including phenoxy) is 1. The van der Waals surface area contributed by atoms with Crippen molar-refractivity contribution in [2.24, 2.45) is 5.92 Å². The van der Waals surface area contributed by atoms with Crippen LogP contribution in [0.25, 0.3) is 0 Å². The van der Waals surface area contributed by atoms with Gasteiger partial charge in [0.2, 0.25) is 0 Å². The minimum absolute atomic E-state index is 0. The SMILES string of the molecule is Cc1c(NCCN2CCCC2)cc(OCC2CCC2)cc1N1CCNCC1.Cl. The Balaban J connectivity index is 0.00000225. The number of hydrogen-bond acceptors (Lipinski definition) is 5. The lowest BCUT2D eigenvalue weighted by molar-refractivity contribution is 0.180. The Morgan fingerprint density at radius 1 is 1.07 bits per heavy atom. The van der Waals surface area contributed by atoms with Gasteiger partial charge in [0.05, 0.1) is 6.61 Å². The molecule has 0 unspecified atom stereocenters. The summed E-state index contributed by atoms with van der Waals surface area (Å²) in [7, 11) is 0. The molecule has 1 aromatic rings. The van der Waals surface area contributed by atoms with Crippen LogP contribution >= 0.6 is 12.4 Å². The van der Waals surface area contributed by atoms with Crippen LogP contribution in [-0.2, 0) is 0 Å². The zero-order chi connectivity index (χ0) is 18.5. The number of benzene rings is 1. The second kappa shape index (κ2) is 10.6. The van der Waals surface area contributed by atoms with Crippen molar-refractivity contribution in [3.05, 3.63) is 17.7 Å². The fourth-order valence-electron chi connectivity index (χ4n) is 4.40. The third-order valence-electron chi connectivity index (χ3n) is 6.46.